The molecule has 1 amide bonds. The molecule has 25 heavy (non-hydrogen) atoms. The molecule has 0 fully saturated rings. The lowest BCUT2D eigenvalue weighted by Crippen LogP contribution is -2.35. The maximum atomic E-state index is 12.0. The summed E-state index contributed by atoms with van der Waals surface area (Å²) in [4.78, 5) is 36.9. The number of amides is 1. The maximum absolute atomic E-state index is 12.0. The first-order chi connectivity index (χ1) is 12.1. The van der Waals surface area contributed by atoms with Crippen LogP contribution in [-0.4, -0.2) is 37.4 Å². The second kappa shape index (κ2) is 7.17. The molecule has 0 spiro atoms. The minimum atomic E-state index is -0.714. The highest BCUT2D eigenvalue weighted by molar-refractivity contribution is 6.52. The number of para-hydroxylation sites is 1. The van der Waals surface area contributed by atoms with Crippen LogP contribution in [-0.2, 0) is 14.3 Å². The number of nitrogens with zero attached hydrogens (tertiary/aromatic N) is 1. The summed E-state index contributed by atoms with van der Waals surface area (Å²) >= 11 is 0. The molecule has 6 heteroatoms. The van der Waals surface area contributed by atoms with Crippen molar-refractivity contribution in [1.82, 2.24) is 0 Å². The molecule has 1 heterocycles. The van der Waals surface area contributed by atoms with Gasteiger partial charge in [-0.05, 0) is 36.8 Å². The zero-order valence-corrected chi connectivity index (χ0v) is 13.7. The molecular weight excluding hydrogens is 322 g/mol. The summed E-state index contributed by atoms with van der Waals surface area (Å²) in [7, 11) is 0. The zero-order chi connectivity index (χ0) is 17.8. The molecule has 0 N–H and O–H groups in total. The van der Waals surface area contributed by atoms with Crippen LogP contribution in [0.25, 0.3) is 0 Å². The number of fused-ring (bicyclic) bond motifs is 1. The minimum Gasteiger partial charge on any atom is -0.490 e. The number of ketones is 1. The number of esters is 1. The van der Waals surface area contributed by atoms with E-state index < -0.39 is 17.7 Å². The number of Topliss-reactive ketones (excluding diaryl/α,β-unsaturated/α-hetero) is 1. The van der Waals surface area contributed by atoms with Gasteiger partial charge < -0.3 is 9.47 Å². The van der Waals surface area contributed by atoms with E-state index in [2.05, 4.69) is 0 Å². The molecule has 2 aromatic carbocycles. The van der Waals surface area contributed by atoms with Gasteiger partial charge in [-0.3, -0.25) is 19.3 Å². The third-order valence-corrected chi connectivity index (χ3v) is 3.77. The number of aryl methyl sites for hydroxylation is 1. The molecular formula is C19H17NO5. The summed E-state index contributed by atoms with van der Waals surface area (Å²) < 4.78 is 10.6. The van der Waals surface area contributed by atoms with E-state index in [-0.39, 0.29) is 19.8 Å². The first-order valence-corrected chi connectivity index (χ1v) is 7.86. The van der Waals surface area contributed by atoms with Crippen LogP contribution in [0.15, 0.2) is 48.5 Å². The lowest BCUT2D eigenvalue weighted by Gasteiger charge is -2.15. The Labute approximate surface area is 145 Å². The standard InChI is InChI=1S/C19H17NO5/c1-13-5-4-6-14(11-13)24-9-10-25-17(21)12-20-16-8-3-2-7-15(16)18(22)19(20)23/h2-8,11H,9-10,12H2,1H3. The van der Waals surface area contributed by atoms with Gasteiger partial charge in [0.05, 0.1) is 11.3 Å². The Bertz CT molecular complexity index is 830. The summed E-state index contributed by atoms with van der Waals surface area (Å²) in [5.41, 5.74) is 1.82. The van der Waals surface area contributed by atoms with Gasteiger partial charge in [0.1, 0.15) is 25.5 Å². The molecule has 0 aliphatic carbocycles. The number of rotatable bonds is 6. The van der Waals surface area contributed by atoms with Crippen LogP contribution < -0.4 is 9.64 Å². The molecule has 0 unspecified atom stereocenters. The number of benzene rings is 2. The van der Waals surface area contributed by atoms with Crippen molar-refractivity contribution < 1.29 is 23.9 Å². The highest BCUT2D eigenvalue weighted by Gasteiger charge is 2.36. The SMILES string of the molecule is Cc1cccc(OCCOC(=O)CN2C(=O)C(=O)c3ccccc32)c1. The van der Waals surface area contributed by atoms with Crippen molar-refractivity contribution in [3.63, 3.8) is 0 Å². The highest BCUT2D eigenvalue weighted by atomic mass is 16.6. The van der Waals surface area contributed by atoms with E-state index in [0.29, 0.717) is 17.0 Å². The van der Waals surface area contributed by atoms with Crippen molar-refractivity contribution in [1.29, 1.82) is 0 Å². The molecule has 128 valence electrons. The fraction of sp³-hybridized carbons (Fsp3) is 0.211. The number of anilines is 1. The summed E-state index contributed by atoms with van der Waals surface area (Å²) in [5.74, 6) is -1.21. The van der Waals surface area contributed by atoms with Gasteiger partial charge in [-0.25, -0.2) is 0 Å². The van der Waals surface area contributed by atoms with Crippen LogP contribution in [0.1, 0.15) is 15.9 Å². The predicted octanol–water partition coefficient (Wildman–Crippen LogP) is 2.15. The summed E-state index contributed by atoms with van der Waals surface area (Å²) in [6, 6.07) is 14.1. The summed E-state index contributed by atoms with van der Waals surface area (Å²) in [5, 5.41) is 0. The van der Waals surface area contributed by atoms with Crippen molar-refractivity contribution in [2.75, 3.05) is 24.7 Å². The van der Waals surface area contributed by atoms with Gasteiger partial charge in [0, 0.05) is 0 Å². The summed E-state index contributed by atoms with van der Waals surface area (Å²) in [6.07, 6.45) is 0. The molecule has 0 saturated carbocycles. The molecule has 0 aromatic heterocycles. The summed E-state index contributed by atoms with van der Waals surface area (Å²) in [6.45, 7) is 1.92. The van der Waals surface area contributed by atoms with Gasteiger partial charge in [0.2, 0.25) is 0 Å². The number of carbonyl (C=O) groups excluding carboxylic acids is 3. The Kier molecular flexibility index (Phi) is 4.79. The second-order valence-electron chi connectivity index (χ2n) is 5.62. The lowest BCUT2D eigenvalue weighted by molar-refractivity contribution is -0.143. The Morgan fingerprint density at radius 1 is 1.04 bits per heavy atom. The maximum Gasteiger partial charge on any atom is 0.326 e. The van der Waals surface area contributed by atoms with Gasteiger partial charge in [-0.2, -0.15) is 0 Å². The van der Waals surface area contributed by atoms with Crippen LogP contribution >= 0.6 is 0 Å². The Morgan fingerprint density at radius 3 is 2.64 bits per heavy atom. The monoisotopic (exact) mass is 339 g/mol. The molecule has 0 atom stereocenters. The van der Waals surface area contributed by atoms with E-state index in [1.54, 1.807) is 24.3 Å². The normalized spacial score (nSPS) is 12.9. The third kappa shape index (κ3) is 3.68. The molecule has 0 radical (unpaired) electrons. The number of hydrogen-bond donors (Lipinski definition) is 0. The first-order valence-electron chi connectivity index (χ1n) is 7.86. The average molecular weight is 339 g/mol. The molecule has 1 aliphatic rings. The van der Waals surface area contributed by atoms with E-state index >= 15 is 0 Å². The van der Waals surface area contributed by atoms with Crippen LogP contribution in [0.3, 0.4) is 0 Å². The second-order valence-corrected chi connectivity index (χ2v) is 5.62. The van der Waals surface area contributed by atoms with Crippen molar-refractivity contribution in [2.45, 2.75) is 6.92 Å². The Hall–Kier alpha value is -3.15. The molecule has 0 bridgehead atoms. The van der Waals surface area contributed by atoms with Gasteiger partial charge in [-0.1, -0.05) is 24.3 Å². The van der Waals surface area contributed by atoms with E-state index in [1.165, 1.54) is 0 Å². The van der Waals surface area contributed by atoms with Gasteiger partial charge >= 0.3 is 5.97 Å². The van der Waals surface area contributed by atoms with Crippen molar-refractivity contribution in [3.05, 3.63) is 59.7 Å². The van der Waals surface area contributed by atoms with Crippen molar-refractivity contribution in [2.24, 2.45) is 0 Å². The first kappa shape index (κ1) is 16.7. The van der Waals surface area contributed by atoms with Gasteiger partial charge in [0.15, 0.2) is 0 Å². The number of hydrogen-bond acceptors (Lipinski definition) is 5. The average Bonchev–Trinajstić information content (AvgIpc) is 2.84. The molecule has 1 aliphatic heterocycles. The van der Waals surface area contributed by atoms with Crippen molar-refractivity contribution in [3.8, 4) is 5.75 Å². The molecule has 2 aromatic rings. The lowest BCUT2D eigenvalue weighted by atomic mass is 10.1. The fourth-order valence-electron chi connectivity index (χ4n) is 2.60. The van der Waals surface area contributed by atoms with E-state index in [0.717, 1.165) is 10.5 Å². The number of ether oxygens (including phenoxy) is 2. The van der Waals surface area contributed by atoms with Crippen molar-refractivity contribution >= 4 is 23.3 Å². The quantitative estimate of drug-likeness (QED) is 0.458. The van der Waals surface area contributed by atoms with Gasteiger partial charge in [-0.15, -0.1) is 0 Å². The predicted molar refractivity (Wildman–Crippen MR) is 90.8 cm³/mol. The molecule has 0 saturated heterocycles. The molecule has 6 nitrogen and oxygen atoms in total. The third-order valence-electron chi connectivity index (χ3n) is 3.77. The van der Waals surface area contributed by atoms with Crippen LogP contribution in [0.4, 0.5) is 5.69 Å². The Balaban J connectivity index is 1.50. The largest absolute Gasteiger partial charge is 0.490 e. The van der Waals surface area contributed by atoms with Crippen LogP contribution in [0, 0.1) is 6.92 Å². The van der Waals surface area contributed by atoms with Crippen LogP contribution in [0.2, 0.25) is 0 Å². The van der Waals surface area contributed by atoms with Crippen LogP contribution in [0.5, 0.6) is 5.75 Å². The smallest absolute Gasteiger partial charge is 0.326 e. The van der Waals surface area contributed by atoms with E-state index in [1.807, 2.05) is 31.2 Å². The van der Waals surface area contributed by atoms with E-state index in [9.17, 15) is 14.4 Å². The Morgan fingerprint density at radius 2 is 1.84 bits per heavy atom. The number of carbonyl (C=O) groups is 3. The fourth-order valence-corrected chi connectivity index (χ4v) is 2.60. The molecule has 3 rings (SSSR count). The minimum absolute atomic E-state index is 0.0599. The zero-order valence-electron chi connectivity index (χ0n) is 13.7. The van der Waals surface area contributed by atoms with E-state index in [4.69, 9.17) is 9.47 Å². The van der Waals surface area contributed by atoms with Gasteiger partial charge in [0.25, 0.3) is 11.7 Å². The highest BCUT2D eigenvalue weighted by Crippen LogP contribution is 2.28. The topological polar surface area (TPSA) is 72.9 Å².